The minimum Gasteiger partial charge on any atom is -0.480 e. The Morgan fingerprint density at radius 2 is 1.93 bits per heavy atom. The summed E-state index contributed by atoms with van der Waals surface area (Å²) in [6, 6.07) is 6.52. The highest BCUT2D eigenvalue weighted by atomic mass is 35.5. The minimum absolute atomic E-state index is 0.545. The Hall–Kier alpha value is -1.22. The molecule has 1 rings (SSSR count). The van der Waals surface area contributed by atoms with Gasteiger partial charge in [0, 0.05) is 17.8 Å². The number of hydrogen-bond acceptors (Lipinski definition) is 2. The van der Waals surface area contributed by atoms with E-state index in [0.717, 1.165) is 5.69 Å². The van der Waals surface area contributed by atoms with Gasteiger partial charge in [0.15, 0.2) is 0 Å². The first-order valence-electron chi connectivity index (χ1n) is 4.23. The molecule has 0 heterocycles. The fraction of sp³-hybridized carbons (Fsp3) is 0.300. The van der Waals surface area contributed by atoms with Crippen molar-refractivity contribution in [3.8, 4) is 0 Å². The van der Waals surface area contributed by atoms with E-state index in [1.165, 1.54) is 0 Å². The number of likely N-dealkylation sites (N-methyl/N-ethyl adjacent to an activating group) is 1. The van der Waals surface area contributed by atoms with Crippen LogP contribution in [0.4, 0.5) is 5.69 Å². The molecule has 1 aromatic rings. The smallest absolute Gasteiger partial charge is 0.326 e. The van der Waals surface area contributed by atoms with Crippen molar-refractivity contribution in [3.63, 3.8) is 0 Å². The molecule has 0 aromatic heterocycles. The van der Waals surface area contributed by atoms with E-state index in [1.807, 2.05) is 0 Å². The normalized spacial score (nSPS) is 12.2. The molecule has 0 aliphatic carbocycles. The van der Waals surface area contributed by atoms with Crippen LogP contribution in [0.1, 0.15) is 6.92 Å². The van der Waals surface area contributed by atoms with Gasteiger partial charge in [0.1, 0.15) is 6.04 Å². The second-order valence-corrected chi connectivity index (χ2v) is 3.54. The summed E-state index contributed by atoms with van der Waals surface area (Å²) in [7, 11) is 1.74. The third-order valence-electron chi connectivity index (χ3n) is 2.17. The Morgan fingerprint density at radius 3 is 2.36 bits per heavy atom. The second kappa shape index (κ2) is 4.33. The van der Waals surface area contributed by atoms with Crippen LogP contribution in [0.15, 0.2) is 24.3 Å². The van der Waals surface area contributed by atoms with Crippen molar-refractivity contribution >= 4 is 23.3 Å². The Balaban J connectivity index is 2.84. The van der Waals surface area contributed by atoms with E-state index in [0.29, 0.717) is 5.02 Å². The molecule has 0 aliphatic heterocycles. The Kier molecular flexibility index (Phi) is 3.36. The number of carboxylic acid groups (broad SMARTS) is 1. The predicted octanol–water partition coefficient (Wildman–Crippen LogP) is 2.25. The average molecular weight is 214 g/mol. The fourth-order valence-electron chi connectivity index (χ4n) is 1.07. The Labute approximate surface area is 87.9 Å². The Morgan fingerprint density at radius 1 is 1.43 bits per heavy atom. The molecule has 1 aromatic carbocycles. The number of carbonyl (C=O) groups is 1. The van der Waals surface area contributed by atoms with Crippen LogP contribution in [0.3, 0.4) is 0 Å². The molecule has 0 saturated heterocycles. The van der Waals surface area contributed by atoms with Crippen LogP contribution in [0.2, 0.25) is 5.02 Å². The number of carboxylic acids is 1. The molecule has 0 aliphatic rings. The molecular weight excluding hydrogens is 202 g/mol. The monoisotopic (exact) mass is 213 g/mol. The maximum Gasteiger partial charge on any atom is 0.326 e. The molecule has 0 fully saturated rings. The quantitative estimate of drug-likeness (QED) is 0.837. The van der Waals surface area contributed by atoms with Crippen LogP contribution in [-0.4, -0.2) is 24.2 Å². The number of hydrogen-bond donors (Lipinski definition) is 1. The van der Waals surface area contributed by atoms with Crippen LogP contribution < -0.4 is 4.90 Å². The van der Waals surface area contributed by atoms with Crippen molar-refractivity contribution in [3.05, 3.63) is 29.3 Å². The summed E-state index contributed by atoms with van der Waals surface area (Å²) < 4.78 is 0. The molecule has 0 unspecified atom stereocenters. The first-order valence-corrected chi connectivity index (χ1v) is 4.61. The zero-order valence-corrected chi connectivity index (χ0v) is 8.82. The third kappa shape index (κ3) is 2.39. The summed E-state index contributed by atoms with van der Waals surface area (Å²) in [6.07, 6.45) is 0. The zero-order chi connectivity index (χ0) is 10.7. The number of aliphatic carboxylic acids is 1. The molecule has 0 bridgehead atoms. The highest BCUT2D eigenvalue weighted by molar-refractivity contribution is 6.30. The van der Waals surface area contributed by atoms with Crippen LogP contribution in [0.5, 0.6) is 0 Å². The summed E-state index contributed by atoms with van der Waals surface area (Å²) >= 11 is 5.72. The lowest BCUT2D eigenvalue weighted by molar-refractivity contribution is -0.138. The second-order valence-electron chi connectivity index (χ2n) is 3.10. The van der Waals surface area contributed by atoms with Crippen molar-refractivity contribution < 1.29 is 9.90 Å². The van der Waals surface area contributed by atoms with Crippen molar-refractivity contribution in [2.75, 3.05) is 11.9 Å². The number of anilines is 1. The lowest BCUT2D eigenvalue weighted by Crippen LogP contribution is -2.35. The van der Waals surface area contributed by atoms with Gasteiger partial charge in [-0.15, -0.1) is 0 Å². The first-order chi connectivity index (χ1) is 6.52. The maximum absolute atomic E-state index is 10.7. The minimum atomic E-state index is -0.845. The van der Waals surface area contributed by atoms with Gasteiger partial charge in [0.25, 0.3) is 0 Å². The molecule has 14 heavy (non-hydrogen) atoms. The first kappa shape index (κ1) is 10.9. The lowest BCUT2D eigenvalue weighted by atomic mass is 10.2. The van der Waals surface area contributed by atoms with Crippen molar-refractivity contribution in [1.29, 1.82) is 0 Å². The van der Waals surface area contributed by atoms with E-state index in [2.05, 4.69) is 0 Å². The van der Waals surface area contributed by atoms with Crippen molar-refractivity contribution in [1.82, 2.24) is 0 Å². The van der Waals surface area contributed by atoms with Gasteiger partial charge < -0.3 is 10.0 Å². The number of halogens is 1. The van der Waals surface area contributed by atoms with Crippen LogP contribution in [0, 0.1) is 0 Å². The van der Waals surface area contributed by atoms with E-state index in [4.69, 9.17) is 16.7 Å². The molecule has 1 atom stereocenters. The average Bonchev–Trinajstić information content (AvgIpc) is 2.16. The summed E-state index contributed by atoms with van der Waals surface area (Å²) in [6.45, 7) is 1.64. The number of nitrogens with zero attached hydrogens (tertiary/aromatic N) is 1. The van der Waals surface area contributed by atoms with E-state index in [-0.39, 0.29) is 0 Å². The highest BCUT2D eigenvalue weighted by Gasteiger charge is 2.16. The van der Waals surface area contributed by atoms with Crippen LogP contribution in [-0.2, 0) is 4.79 Å². The molecule has 0 radical (unpaired) electrons. The van der Waals surface area contributed by atoms with Gasteiger partial charge in [-0.3, -0.25) is 0 Å². The summed E-state index contributed by atoms with van der Waals surface area (Å²) in [5, 5.41) is 9.44. The van der Waals surface area contributed by atoms with Crippen molar-refractivity contribution in [2.24, 2.45) is 0 Å². The summed E-state index contributed by atoms with van der Waals surface area (Å²) in [5.74, 6) is -0.845. The van der Waals surface area contributed by atoms with Gasteiger partial charge >= 0.3 is 5.97 Å². The Bertz CT molecular complexity index is 323. The molecular formula is C10H12ClNO2. The van der Waals surface area contributed by atoms with E-state index >= 15 is 0 Å². The molecule has 4 heteroatoms. The molecule has 0 amide bonds. The molecule has 1 N–H and O–H groups in total. The maximum atomic E-state index is 10.7. The molecule has 0 saturated carbocycles. The van der Waals surface area contributed by atoms with Gasteiger partial charge in [0.05, 0.1) is 0 Å². The van der Waals surface area contributed by atoms with Gasteiger partial charge in [-0.1, -0.05) is 11.6 Å². The van der Waals surface area contributed by atoms with Crippen LogP contribution >= 0.6 is 11.6 Å². The summed E-state index contributed by atoms with van der Waals surface area (Å²) in [5.41, 5.74) is 0.837. The lowest BCUT2D eigenvalue weighted by Gasteiger charge is -2.23. The number of benzene rings is 1. The predicted molar refractivity (Wildman–Crippen MR) is 57.0 cm³/mol. The fourth-order valence-corrected chi connectivity index (χ4v) is 1.19. The van der Waals surface area contributed by atoms with Gasteiger partial charge in [0.2, 0.25) is 0 Å². The third-order valence-corrected chi connectivity index (χ3v) is 2.42. The SMILES string of the molecule is C[C@H](C(=O)O)N(C)c1ccc(Cl)cc1. The van der Waals surface area contributed by atoms with Gasteiger partial charge in [-0.05, 0) is 31.2 Å². The van der Waals surface area contributed by atoms with E-state index < -0.39 is 12.0 Å². The topological polar surface area (TPSA) is 40.5 Å². The largest absolute Gasteiger partial charge is 0.480 e. The van der Waals surface area contributed by atoms with Gasteiger partial charge in [-0.25, -0.2) is 4.79 Å². The highest BCUT2D eigenvalue weighted by Crippen LogP contribution is 2.18. The van der Waals surface area contributed by atoms with Crippen LogP contribution in [0.25, 0.3) is 0 Å². The molecule has 0 spiro atoms. The van der Waals surface area contributed by atoms with E-state index in [1.54, 1.807) is 43.1 Å². The standard InChI is InChI=1S/C10H12ClNO2/c1-7(10(13)14)12(2)9-5-3-8(11)4-6-9/h3-7H,1-2H3,(H,13,14)/t7-/m1/s1. The van der Waals surface area contributed by atoms with Gasteiger partial charge in [-0.2, -0.15) is 0 Å². The zero-order valence-electron chi connectivity index (χ0n) is 8.07. The molecule has 76 valence electrons. The van der Waals surface area contributed by atoms with Crippen molar-refractivity contribution in [2.45, 2.75) is 13.0 Å². The number of rotatable bonds is 3. The van der Waals surface area contributed by atoms with E-state index in [9.17, 15) is 4.79 Å². The summed E-state index contributed by atoms with van der Waals surface area (Å²) in [4.78, 5) is 12.4. The molecule has 3 nitrogen and oxygen atoms in total.